The molecule has 4 heterocycles. The Morgan fingerprint density at radius 1 is 1.20 bits per heavy atom. The smallest absolute Gasteiger partial charge is 0.227 e. The van der Waals surface area contributed by atoms with E-state index in [4.69, 9.17) is 4.74 Å². The van der Waals surface area contributed by atoms with Crippen molar-refractivity contribution in [2.24, 2.45) is 5.92 Å². The van der Waals surface area contributed by atoms with Gasteiger partial charge in [0.1, 0.15) is 12.4 Å². The summed E-state index contributed by atoms with van der Waals surface area (Å²) < 4.78 is 5.83. The fourth-order valence-corrected chi connectivity index (χ4v) is 4.37. The number of benzene rings is 1. The van der Waals surface area contributed by atoms with Crippen LogP contribution in [-0.4, -0.2) is 53.0 Å². The van der Waals surface area contributed by atoms with Gasteiger partial charge in [0, 0.05) is 31.1 Å². The Balaban J connectivity index is 1.36. The van der Waals surface area contributed by atoms with Crippen molar-refractivity contribution >= 4 is 17.2 Å². The van der Waals surface area contributed by atoms with E-state index in [9.17, 15) is 4.79 Å². The maximum atomic E-state index is 12.8. The number of nitrogens with zero attached hydrogens (tertiary/aromatic N) is 3. The summed E-state index contributed by atoms with van der Waals surface area (Å²) in [6.45, 7) is 3.95. The van der Waals surface area contributed by atoms with Gasteiger partial charge in [-0.15, -0.1) is 11.3 Å². The second-order valence-corrected chi connectivity index (χ2v) is 7.51. The molecule has 0 spiro atoms. The van der Waals surface area contributed by atoms with Crippen LogP contribution in [0.3, 0.4) is 0 Å². The van der Waals surface area contributed by atoms with Crippen LogP contribution in [0.15, 0.2) is 41.2 Å². The molecule has 1 aromatic carbocycles. The van der Waals surface area contributed by atoms with Gasteiger partial charge >= 0.3 is 0 Å². The van der Waals surface area contributed by atoms with Crippen LogP contribution >= 0.6 is 11.3 Å². The average Bonchev–Trinajstić information content (AvgIpc) is 3.01. The topological polar surface area (TPSA) is 45.7 Å². The van der Waals surface area contributed by atoms with Gasteiger partial charge in [0.15, 0.2) is 0 Å². The summed E-state index contributed by atoms with van der Waals surface area (Å²) in [5.41, 5.74) is 2.84. The van der Waals surface area contributed by atoms with Crippen molar-refractivity contribution in [3.63, 3.8) is 0 Å². The molecule has 0 aliphatic carbocycles. The predicted octanol–water partition coefficient (Wildman–Crippen LogP) is 2.64. The average molecular weight is 357 g/mol. The Hall–Kier alpha value is -1.92. The first kappa shape index (κ1) is 16.5. The van der Waals surface area contributed by atoms with Crippen LogP contribution in [0.1, 0.15) is 18.5 Å². The van der Waals surface area contributed by atoms with Gasteiger partial charge in [-0.3, -0.25) is 9.69 Å². The molecule has 3 aliphatic rings. The molecular weight excluding hydrogens is 334 g/mol. The number of hydrogen-bond acceptors (Lipinski definition) is 5. The third-order valence-corrected chi connectivity index (χ3v) is 5.74. The molecule has 0 N–H and O–H groups in total. The fourth-order valence-electron chi connectivity index (χ4n) is 3.82. The molecule has 25 heavy (non-hydrogen) atoms. The highest BCUT2D eigenvalue weighted by atomic mass is 32.1. The Morgan fingerprint density at radius 2 is 2.08 bits per heavy atom. The van der Waals surface area contributed by atoms with E-state index in [-0.39, 0.29) is 5.92 Å². The van der Waals surface area contributed by atoms with Gasteiger partial charge in [-0.05, 0) is 25.0 Å². The second kappa shape index (κ2) is 7.54. The van der Waals surface area contributed by atoms with Gasteiger partial charge < -0.3 is 9.64 Å². The van der Waals surface area contributed by atoms with Crippen LogP contribution < -0.4 is 4.74 Å². The molecule has 3 fully saturated rings. The molecule has 2 bridgehead atoms. The van der Waals surface area contributed by atoms with Crippen LogP contribution in [0.5, 0.6) is 5.75 Å². The highest BCUT2D eigenvalue weighted by molar-refractivity contribution is 7.07. The van der Waals surface area contributed by atoms with E-state index in [0.29, 0.717) is 25.1 Å². The minimum Gasteiger partial charge on any atom is -0.492 e. The number of aromatic nitrogens is 1. The van der Waals surface area contributed by atoms with Crippen molar-refractivity contribution < 1.29 is 9.53 Å². The SMILES string of the molecule is O=C1[C@H]2CC[C@H](CN(CCOc3ccccc3)C2)N1Cc1cscn1. The molecule has 2 atom stereocenters. The lowest BCUT2D eigenvalue weighted by Crippen LogP contribution is -2.47. The summed E-state index contributed by atoms with van der Waals surface area (Å²) in [7, 11) is 0. The van der Waals surface area contributed by atoms with Crippen LogP contribution in [0.25, 0.3) is 0 Å². The number of para-hydroxylation sites is 1. The number of carbonyl (C=O) groups excluding carboxylic acids is 1. The number of piperidine rings is 1. The fraction of sp³-hybridized carbons (Fsp3) is 0.474. The molecule has 132 valence electrons. The molecule has 5 nitrogen and oxygen atoms in total. The van der Waals surface area contributed by atoms with Crippen molar-refractivity contribution in [1.82, 2.24) is 14.8 Å². The van der Waals surface area contributed by atoms with Gasteiger partial charge in [0.05, 0.1) is 23.7 Å². The molecule has 0 radical (unpaired) electrons. The van der Waals surface area contributed by atoms with E-state index < -0.39 is 0 Å². The minimum absolute atomic E-state index is 0.120. The normalized spacial score (nSPS) is 23.7. The van der Waals surface area contributed by atoms with Crippen LogP contribution in [0.2, 0.25) is 0 Å². The summed E-state index contributed by atoms with van der Waals surface area (Å²) >= 11 is 1.59. The second-order valence-electron chi connectivity index (χ2n) is 6.80. The zero-order chi connectivity index (χ0) is 17.1. The lowest BCUT2D eigenvalue weighted by molar-refractivity contribution is -0.140. The predicted molar refractivity (Wildman–Crippen MR) is 97.6 cm³/mol. The number of thiazole rings is 1. The summed E-state index contributed by atoms with van der Waals surface area (Å²) in [6, 6.07) is 10.2. The van der Waals surface area contributed by atoms with E-state index >= 15 is 0 Å². The van der Waals surface area contributed by atoms with Crippen LogP contribution in [0, 0.1) is 5.92 Å². The zero-order valence-corrected chi connectivity index (χ0v) is 15.0. The lowest BCUT2D eigenvalue weighted by Gasteiger charge is -2.35. The van der Waals surface area contributed by atoms with E-state index in [1.807, 2.05) is 41.2 Å². The molecule has 6 heteroatoms. The minimum atomic E-state index is 0.120. The lowest BCUT2D eigenvalue weighted by atomic mass is 9.94. The summed E-state index contributed by atoms with van der Waals surface area (Å²) in [6.07, 6.45) is 2.10. The number of fused-ring (bicyclic) bond motifs is 4. The monoisotopic (exact) mass is 357 g/mol. The maximum Gasteiger partial charge on any atom is 0.227 e. The van der Waals surface area contributed by atoms with Crippen molar-refractivity contribution in [2.75, 3.05) is 26.2 Å². The van der Waals surface area contributed by atoms with Gasteiger partial charge in [0.2, 0.25) is 5.91 Å². The molecule has 2 aromatic rings. The molecule has 0 saturated carbocycles. The Morgan fingerprint density at radius 3 is 2.88 bits per heavy atom. The van der Waals surface area contributed by atoms with Gasteiger partial charge in [0.25, 0.3) is 0 Å². The molecule has 3 saturated heterocycles. The molecule has 5 rings (SSSR count). The maximum absolute atomic E-state index is 12.8. The van der Waals surface area contributed by atoms with Crippen molar-refractivity contribution in [2.45, 2.75) is 25.4 Å². The Labute approximate surface area is 152 Å². The highest BCUT2D eigenvalue weighted by Crippen LogP contribution is 2.30. The van der Waals surface area contributed by atoms with E-state index in [2.05, 4.69) is 14.8 Å². The molecular formula is C19H23N3O2S. The van der Waals surface area contributed by atoms with Gasteiger partial charge in [-0.1, -0.05) is 18.2 Å². The first-order chi connectivity index (χ1) is 12.3. The van der Waals surface area contributed by atoms with Crippen molar-refractivity contribution in [3.8, 4) is 5.75 Å². The van der Waals surface area contributed by atoms with Crippen molar-refractivity contribution in [3.05, 3.63) is 46.9 Å². The highest BCUT2D eigenvalue weighted by Gasteiger charge is 2.40. The molecule has 3 aliphatic heterocycles. The molecule has 1 aromatic heterocycles. The Kier molecular flexibility index (Phi) is 4.99. The Bertz CT molecular complexity index is 692. The van der Waals surface area contributed by atoms with E-state index in [1.54, 1.807) is 11.3 Å². The van der Waals surface area contributed by atoms with E-state index in [1.165, 1.54) is 0 Å². The largest absolute Gasteiger partial charge is 0.492 e. The van der Waals surface area contributed by atoms with Crippen LogP contribution in [0.4, 0.5) is 0 Å². The standard InChI is InChI=1S/C19H23N3O2S/c23-19-15-6-7-17(22(19)11-16-13-25-14-20-16)12-21(10-15)8-9-24-18-4-2-1-3-5-18/h1-5,13-15,17H,6-12H2/t15-,17+/m0/s1. The zero-order valence-electron chi connectivity index (χ0n) is 14.2. The van der Waals surface area contributed by atoms with Crippen molar-refractivity contribution in [1.29, 1.82) is 0 Å². The number of hydrogen-bond donors (Lipinski definition) is 0. The number of rotatable bonds is 6. The third-order valence-electron chi connectivity index (χ3n) is 5.10. The van der Waals surface area contributed by atoms with E-state index in [0.717, 1.165) is 43.9 Å². The van der Waals surface area contributed by atoms with Gasteiger partial charge in [-0.2, -0.15) is 0 Å². The summed E-state index contributed by atoms with van der Waals surface area (Å²) in [4.78, 5) is 21.6. The first-order valence-electron chi connectivity index (χ1n) is 8.87. The number of carbonyl (C=O) groups is 1. The number of amides is 1. The summed E-state index contributed by atoms with van der Waals surface area (Å²) in [5, 5.41) is 2.04. The molecule has 0 unspecified atom stereocenters. The third kappa shape index (κ3) is 3.85. The van der Waals surface area contributed by atoms with Crippen LogP contribution in [-0.2, 0) is 11.3 Å². The number of ether oxygens (including phenoxy) is 1. The molecule has 1 amide bonds. The first-order valence-corrected chi connectivity index (χ1v) is 9.81. The quantitative estimate of drug-likeness (QED) is 0.797. The van der Waals surface area contributed by atoms with Gasteiger partial charge in [-0.25, -0.2) is 4.98 Å². The summed E-state index contributed by atoms with van der Waals surface area (Å²) in [5.74, 6) is 1.33.